The molecule has 0 saturated heterocycles. The van der Waals surface area contributed by atoms with E-state index in [1.54, 1.807) is 0 Å². The topological polar surface area (TPSA) is 49.3 Å². The lowest BCUT2D eigenvalue weighted by molar-refractivity contribution is -0.122. The van der Waals surface area contributed by atoms with Gasteiger partial charge >= 0.3 is 0 Å². The Morgan fingerprint density at radius 3 is 2.75 bits per heavy atom. The lowest BCUT2D eigenvalue weighted by atomic mass is 9.92. The summed E-state index contributed by atoms with van der Waals surface area (Å²) in [7, 11) is 0. The smallest absolute Gasteiger partial charge is 0.220 e. The van der Waals surface area contributed by atoms with E-state index in [4.69, 9.17) is 5.11 Å². The number of benzene rings is 1. The molecule has 108 valence electrons. The third-order valence-corrected chi connectivity index (χ3v) is 2.58. The van der Waals surface area contributed by atoms with Gasteiger partial charge in [0.1, 0.15) is 0 Å². The van der Waals surface area contributed by atoms with Crippen molar-refractivity contribution in [2.75, 3.05) is 6.61 Å². The monoisotopic (exact) mass is 273 g/mol. The number of hydrogen-bond acceptors (Lipinski definition) is 2. The van der Waals surface area contributed by atoms with Gasteiger partial charge in [-0.1, -0.05) is 44.7 Å². The molecule has 1 aromatic rings. The molecule has 0 unspecified atom stereocenters. The van der Waals surface area contributed by atoms with Crippen LogP contribution in [0.25, 0.3) is 0 Å². The Morgan fingerprint density at radius 1 is 1.35 bits per heavy atom. The van der Waals surface area contributed by atoms with Crippen LogP contribution in [-0.4, -0.2) is 17.6 Å². The van der Waals surface area contributed by atoms with E-state index in [1.165, 1.54) is 0 Å². The zero-order valence-corrected chi connectivity index (χ0v) is 12.5. The zero-order valence-electron chi connectivity index (χ0n) is 12.5. The van der Waals surface area contributed by atoms with Crippen molar-refractivity contribution >= 4 is 5.91 Å². The van der Waals surface area contributed by atoms with Crippen molar-refractivity contribution in [3.8, 4) is 11.8 Å². The minimum absolute atomic E-state index is 0.00169. The minimum atomic E-state index is 0.00169. The molecule has 2 N–H and O–H groups in total. The fraction of sp³-hybridized carbons (Fsp3) is 0.471. The first kappa shape index (κ1) is 16.3. The first-order valence-corrected chi connectivity index (χ1v) is 6.86. The maximum absolute atomic E-state index is 11.8. The van der Waals surface area contributed by atoms with Crippen LogP contribution in [-0.2, 0) is 11.3 Å². The van der Waals surface area contributed by atoms with E-state index in [2.05, 4.69) is 17.2 Å². The normalized spacial score (nSPS) is 10.6. The highest BCUT2D eigenvalue weighted by Gasteiger charge is 2.15. The van der Waals surface area contributed by atoms with Crippen LogP contribution in [0.1, 0.15) is 44.7 Å². The Balaban J connectivity index is 2.55. The molecular formula is C17H23NO2. The molecule has 0 spiro atoms. The summed E-state index contributed by atoms with van der Waals surface area (Å²) >= 11 is 0. The van der Waals surface area contributed by atoms with Gasteiger partial charge in [-0.05, 0) is 23.1 Å². The van der Waals surface area contributed by atoms with Crippen molar-refractivity contribution in [3.63, 3.8) is 0 Å². The number of hydrogen-bond donors (Lipinski definition) is 2. The Labute approximate surface area is 121 Å². The fourth-order valence-corrected chi connectivity index (χ4v) is 1.72. The van der Waals surface area contributed by atoms with Crippen molar-refractivity contribution in [2.45, 2.75) is 40.2 Å². The Bertz CT molecular complexity index is 504. The average Bonchev–Trinajstić information content (AvgIpc) is 2.35. The molecule has 3 nitrogen and oxygen atoms in total. The lowest BCUT2D eigenvalue weighted by Crippen LogP contribution is -2.27. The van der Waals surface area contributed by atoms with Crippen molar-refractivity contribution < 1.29 is 9.90 Å². The van der Waals surface area contributed by atoms with Gasteiger partial charge in [0.2, 0.25) is 5.91 Å². The van der Waals surface area contributed by atoms with Crippen LogP contribution in [0, 0.1) is 17.3 Å². The largest absolute Gasteiger partial charge is 0.395 e. The second kappa shape index (κ2) is 7.72. The zero-order chi connectivity index (χ0) is 15.0. The average molecular weight is 273 g/mol. The van der Waals surface area contributed by atoms with E-state index in [0.29, 0.717) is 19.4 Å². The molecule has 0 fully saturated rings. The first-order chi connectivity index (χ1) is 9.40. The highest BCUT2D eigenvalue weighted by molar-refractivity contribution is 5.76. The second-order valence-corrected chi connectivity index (χ2v) is 5.99. The third-order valence-electron chi connectivity index (χ3n) is 2.58. The molecule has 0 atom stereocenters. The summed E-state index contributed by atoms with van der Waals surface area (Å²) in [5.41, 5.74) is 1.94. The van der Waals surface area contributed by atoms with Gasteiger partial charge in [0, 0.05) is 24.9 Å². The van der Waals surface area contributed by atoms with E-state index >= 15 is 0 Å². The van der Waals surface area contributed by atoms with E-state index in [-0.39, 0.29) is 17.9 Å². The third kappa shape index (κ3) is 6.96. The summed E-state index contributed by atoms with van der Waals surface area (Å²) in [6.45, 7) is 6.73. The SMILES string of the molecule is CC(C)(C)CC(=O)NCc1cccc(C#CCCO)c1. The van der Waals surface area contributed by atoms with Gasteiger partial charge in [0.05, 0.1) is 6.61 Å². The molecular weight excluding hydrogens is 250 g/mol. The molecule has 0 aliphatic rings. The molecule has 0 aliphatic heterocycles. The van der Waals surface area contributed by atoms with Crippen LogP contribution in [0.15, 0.2) is 24.3 Å². The predicted octanol–water partition coefficient (Wildman–Crippen LogP) is 2.47. The lowest BCUT2D eigenvalue weighted by Gasteiger charge is -2.17. The molecule has 0 radical (unpaired) electrons. The summed E-state index contributed by atoms with van der Waals surface area (Å²) in [6.07, 6.45) is 0.996. The van der Waals surface area contributed by atoms with Gasteiger partial charge in [-0.2, -0.15) is 0 Å². The van der Waals surface area contributed by atoms with Gasteiger partial charge in [-0.25, -0.2) is 0 Å². The Morgan fingerprint density at radius 2 is 2.10 bits per heavy atom. The summed E-state index contributed by atoms with van der Waals surface area (Å²) in [5, 5.41) is 11.6. The quantitative estimate of drug-likeness (QED) is 0.828. The van der Waals surface area contributed by atoms with Crippen LogP contribution in [0.5, 0.6) is 0 Å². The van der Waals surface area contributed by atoms with Crippen LogP contribution >= 0.6 is 0 Å². The van der Waals surface area contributed by atoms with Crippen LogP contribution in [0.4, 0.5) is 0 Å². The standard InChI is InChI=1S/C17H23NO2/c1-17(2,3)12-16(20)18-13-15-9-6-8-14(11-15)7-4-5-10-19/h6,8-9,11,19H,5,10,12-13H2,1-3H3,(H,18,20). The highest BCUT2D eigenvalue weighted by Crippen LogP contribution is 2.17. The van der Waals surface area contributed by atoms with Crippen LogP contribution in [0.3, 0.4) is 0 Å². The maximum Gasteiger partial charge on any atom is 0.220 e. The fourth-order valence-electron chi connectivity index (χ4n) is 1.72. The predicted molar refractivity (Wildman–Crippen MR) is 80.9 cm³/mol. The van der Waals surface area contributed by atoms with Crippen molar-refractivity contribution in [3.05, 3.63) is 35.4 Å². The molecule has 0 aromatic heterocycles. The molecule has 0 saturated carbocycles. The van der Waals surface area contributed by atoms with Crippen molar-refractivity contribution in [2.24, 2.45) is 5.41 Å². The number of carbonyl (C=O) groups is 1. The summed E-state index contributed by atoms with van der Waals surface area (Å²) in [4.78, 5) is 11.8. The van der Waals surface area contributed by atoms with Crippen LogP contribution in [0.2, 0.25) is 0 Å². The van der Waals surface area contributed by atoms with Gasteiger partial charge in [-0.15, -0.1) is 0 Å². The molecule has 1 aromatic carbocycles. The number of aliphatic hydroxyl groups excluding tert-OH is 1. The maximum atomic E-state index is 11.8. The van der Waals surface area contributed by atoms with Gasteiger partial charge in [-0.3, -0.25) is 4.79 Å². The van der Waals surface area contributed by atoms with Gasteiger partial charge in [0.15, 0.2) is 0 Å². The Hall–Kier alpha value is -1.79. The highest BCUT2D eigenvalue weighted by atomic mass is 16.2. The molecule has 3 heteroatoms. The summed E-state index contributed by atoms with van der Waals surface area (Å²) < 4.78 is 0. The number of carbonyl (C=O) groups excluding carboxylic acids is 1. The second-order valence-electron chi connectivity index (χ2n) is 5.99. The van der Waals surface area contributed by atoms with Crippen molar-refractivity contribution in [1.82, 2.24) is 5.32 Å². The summed E-state index contributed by atoms with van der Waals surface area (Å²) in [6, 6.07) is 7.77. The van der Waals surface area contributed by atoms with E-state index in [1.807, 2.05) is 45.0 Å². The number of aliphatic hydroxyl groups is 1. The van der Waals surface area contributed by atoms with E-state index in [9.17, 15) is 4.79 Å². The first-order valence-electron chi connectivity index (χ1n) is 6.86. The number of rotatable bonds is 4. The van der Waals surface area contributed by atoms with Crippen LogP contribution < -0.4 is 5.32 Å². The van der Waals surface area contributed by atoms with Gasteiger partial charge in [0.25, 0.3) is 0 Å². The molecule has 0 heterocycles. The minimum Gasteiger partial charge on any atom is -0.395 e. The van der Waals surface area contributed by atoms with E-state index < -0.39 is 0 Å². The molecule has 1 rings (SSSR count). The number of amides is 1. The summed E-state index contributed by atoms with van der Waals surface area (Å²) in [5.74, 6) is 5.94. The van der Waals surface area contributed by atoms with E-state index in [0.717, 1.165) is 11.1 Å². The molecule has 0 bridgehead atoms. The van der Waals surface area contributed by atoms with Gasteiger partial charge < -0.3 is 10.4 Å². The Kier molecular flexibility index (Phi) is 6.27. The number of nitrogens with one attached hydrogen (secondary N) is 1. The molecule has 1 amide bonds. The van der Waals surface area contributed by atoms with Crippen molar-refractivity contribution in [1.29, 1.82) is 0 Å². The molecule has 0 aliphatic carbocycles. The molecule has 20 heavy (non-hydrogen) atoms.